The van der Waals surface area contributed by atoms with E-state index in [1.807, 2.05) is 31.2 Å². The van der Waals surface area contributed by atoms with E-state index in [9.17, 15) is 4.79 Å². The molecular weight excluding hydrogens is 347 g/mol. The van der Waals surface area contributed by atoms with Gasteiger partial charge in [0, 0.05) is 28.6 Å². The molecule has 0 bridgehead atoms. The van der Waals surface area contributed by atoms with Crippen molar-refractivity contribution in [3.63, 3.8) is 0 Å². The molecule has 1 amide bonds. The predicted molar refractivity (Wildman–Crippen MR) is 82.1 cm³/mol. The third-order valence-electron chi connectivity index (χ3n) is 2.57. The van der Waals surface area contributed by atoms with E-state index < -0.39 is 0 Å². The van der Waals surface area contributed by atoms with Gasteiger partial charge in [-0.15, -0.1) is 0 Å². The highest BCUT2D eigenvalue weighted by Gasteiger charge is 2.17. The molecule has 0 aliphatic rings. The van der Waals surface area contributed by atoms with Gasteiger partial charge >= 0.3 is 0 Å². The van der Waals surface area contributed by atoms with Gasteiger partial charge in [-0.25, -0.2) is 0 Å². The van der Waals surface area contributed by atoms with Crippen LogP contribution in [-0.4, -0.2) is 28.9 Å². The van der Waals surface area contributed by atoms with Gasteiger partial charge in [0.15, 0.2) is 0 Å². The zero-order valence-electron chi connectivity index (χ0n) is 9.81. The number of nitrogens with two attached hydrogens (primary N) is 1. The number of benzene rings is 1. The lowest BCUT2D eigenvalue weighted by atomic mass is 10.1. The van der Waals surface area contributed by atoms with Crippen molar-refractivity contribution >= 4 is 45.7 Å². The van der Waals surface area contributed by atoms with Gasteiger partial charge in [-0.05, 0) is 53.8 Å². The molecule has 1 rings (SSSR count). The Morgan fingerprint density at radius 2 is 2.00 bits per heavy atom. The number of halogens is 1. The minimum absolute atomic E-state index is 0.00912. The molecule has 3 nitrogen and oxygen atoms in total. The van der Waals surface area contributed by atoms with Crippen LogP contribution in [0.2, 0.25) is 0 Å². The summed E-state index contributed by atoms with van der Waals surface area (Å²) < 4.78 is 1.11. The van der Waals surface area contributed by atoms with Gasteiger partial charge in [0.25, 0.3) is 5.91 Å². The fraction of sp³-hybridized carbons (Fsp3) is 0.333. The van der Waals surface area contributed by atoms with E-state index in [1.165, 1.54) is 0 Å². The quantitative estimate of drug-likeness (QED) is 0.661. The molecule has 1 aromatic carbocycles. The Hall–Kier alpha value is -0.690. The van der Waals surface area contributed by atoms with Gasteiger partial charge in [-0.1, -0.05) is 12.2 Å². The summed E-state index contributed by atoms with van der Waals surface area (Å²) in [5.41, 5.74) is 6.17. The van der Waals surface area contributed by atoms with Crippen molar-refractivity contribution in [2.75, 3.05) is 7.05 Å². The first kappa shape index (κ1) is 14.4. The molecule has 0 saturated carbocycles. The summed E-state index contributed by atoms with van der Waals surface area (Å²) in [6.45, 7) is 1.93. The Balaban J connectivity index is 2.75. The predicted octanol–water partition coefficient (Wildman–Crippen LogP) is 2.43. The summed E-state index contributed by atoms with van der Waals surface area (Å²) >= 11 is 7.06. The normalized spacial score (nSPS) is 11.9. The van der Waals surface area contributed by atoms with Crippen LogP contribution in [0.4, 0.5) is 0 Å². The largest absolute Gasteiger partial charge is 0.393 e. The average Bonchev–Trinajstić information content (AvgIpc) is 2.27. The van der Waals surface area contributed by atoms with E-state index in [-0.39, 0.29) is 11.9 Å². The zero-order chi connectivity index (χ0) is 13.0. The summed E-state index contributed by atoms with van der Waals surface area (Å²) in [7, 11) is 1.77. The van der Waals surface area contributed by atoms with E-state index in [2.05, 4.69) is 22.6 Å². The first-order valence-electron chi connectivity index (χ1n) is 5.23. The van der Waals surface area contributed by atoms with Crippen molar-refractivity contribution < 1.29 is 4.79 Å². The van der Waals surface area contributed by atoms with Crippen LogP contribution in [-0.2, 0) is 0 Å². The molecule has 17 heavy (non-hydrogen) atoms. The number of thiocarbonyl (C=S) groups is 1. The molecular formula is C12H15IN2OS. The summed E-state index contributed by atoms with van der Waals surface area (Å²) in [5.74, 6) is -0.00912. The monoisotopic (exact) mass is 362 g/mol. The number of rotatable bonds is 4. The minimum atomic E-state index is -0.00912. The van der Waals surface area contributed by atoms with E-state index in [0.29, 0.717) is 17.0 Å². The second kappa shape index (κ2) is 6.30. The molecule has 0 radical (unpaired) electrons. The maximum atomic E-state index is 12.1. The number of amides is 1. The molecule has 2 N–H and O–H groups in total. The summed E-state index contributed by atoms with van der Waals surface area (Å²) in [6, 6.07) is 7.50. The van der Waals surface area contributed by atoms with Gasteiger partial charge in [-0.3, -0.25) is 4.79 Å². The summed E-state index contributed by atoms with van der Waals surface area (Å²) in [6.07, 6.45) is 0.544. The molecule has 0 spiro atoms. The standard InChI is InChI=1S/C12H15IN2OS/c1-8(7-11(14)17)15(2)12(16)9-3-5-10(13)6-4-9/h3-6,8H,7H2,1-2H3,(H2,14,17). The molecule has 0 aliphatic heterocycles. The molecule has 1 atom stereocenters. The SMILES string of the molecule is CC(CC(N)=S)N(C)C(=O)c1ccc(I)cc1. The van der Waals surface area contributed by atoms with E-state index >= 15 is 0 Å². The summed E-state index contributed by atoms with van der Waals surface area (Å²) in [4.78, 5) is 14.2. The lowest BCUT2D eigenvalue weighted by molar-refractivity contribution is 0.0748. The Morgan fingerprint density at radius 1 is 1.47 bits per heavy atom. The number of carbonyl (C=O) groups is 1. The number of carbonyl (C=O) groups excluding carboxylic acids is 1. The van der Waals surface area contributed by atoms with Gasteiger partial charge in [0.1, 0.15) is 0 Å². The zero-order valence-corrected chi connectivity index (χ0v) is 12.8. The molecule has 5 heteroatoms. The van der Waals surface area contributed by atoms with Crippen LogP contribution in [0.25, 0.3) is 0 Å². The van der Waals surface area contributed by atoms with Crippen LogP contribution in [0.3, 0.4) is 0 Å². The Labute approximate surface area is 121 Å². The van der Waals surface area contributed by atoms with E-state index in [0.717, 1.165) is 3.57 Å². The molecule has 0 fully saturated rings. The average molecular weight is 362 g/mol. The number of hydrogen-bond donors (Lipinski definition) is 1. The number of nitrogens with zero attached hydrogens (tertiary/aromatic N) is 1. The van der Waals surface area contributed by atoms with Crippen LogP contribution in [0.15, 0.2) is 24.3 Å². The van der Waals surface area contributed by atoms with Gasteiger partial charge in [0.2, 0.25) is 0 Å². The Morgan fingerprint density at radius 3 is 2.47 bits per heavy atom. The Kier molecular flexibility index (Phi) is 5.32. The number of hydrogen-bond acceptors (Lipinski definition) is 2. The topological polar surface area (TPSA) is 46.3 Å². The molecule has 0 aromatic heterocycles. The molecule has 1 unspecified atom stereocenters. The van der Waals surface area contributed by atoms with Crippen LogP contribution in [0, 0.1) is 3.57 Å². The van der Waals surface area contributed by atoms with Crippen molar-refractivity contribution in [3.8, 4) is 0 Å². The third kappa shape index (κ3) is 4.23. The van der Waals surface area contributed by atoms with E-state index in [4.69, 9.17) is 18.0 Å². The molecule has 0 saturated heterocycles. The van der Waals surface area contributed by atoms with Crippen molar-refractivity contribution in [2.24, 2.45) is 5.73 Å². The molecule has 0 aliphatic carbocycles. The molecule has 92 valence electrons. The van der Waals surface area contributed by atoms with Gasteiger partial charge in [-0.2, -0.15) is 0 Å². The van der Waals surface area contributed by atoms with Crippen molar-refractivity contribution in [3.05, 3.63) is 33.4 Å². The third-order valence-corrected chi connectivity index (χ3v) is 3.46. The van der Waals surface area contributed by atoms with Crippen molar-refractivity contribution in [1.29, 1.82) is 0 Å². The smallest absolute Gasteiger partial charge is 0.253 e. The molecule has 1 aromatic rings. The van der Waals surface area contributed by atoms with Crippen LogP contribution >= 0.6 is 34.8 Å². The lowest BCUT2D eigenvalue weighted by Gasteiger charge is -2.24. The second-order valence-corrected chi connectivity index (χ2v) is 5.71. The van der Waals surface area contributed by atoms with Crippen LogP contribution in [0.1, 0.15) is 23.7 Å². The van der Waals surface area contributed by atoms with Crippen LogP contribution in [0.5, 0.6) is 0 Å². The minimum Gasteiger partial charge on any atom is -0.393 e. The highest BCUT2D eigenvalue weighted by atomic mass is 127. The Bertz CT molecular complexity index is 419. The first-order chi connectivity index (χ1) is 7.91. The van der Waals surface area contributed by atoms with Gasteiger partial charge in [0.05, 0.1) is 4.99 Å². The first-order valence-corrected chi connectivity index (χ1v) is 6.71. The molecule has 0 heterocycles. The van der Waals surface area contributed by atoms with Crippen molar-refractivity contribution in [1.82, 2.24) is 4.90 Å². The van der Waals surface area contributed by atoms with Crippen LogP contribution < -0.4 is 5.73 Å². The second-order valence-electron chi connectivity index (χ2n) is 3.94. The maximum absolute atomic E-state index is 12.1. The summed E-state index contributed by atoms with van der Waals surface area (Å²) in [5, 5.41) is 0. The van der Waals surface area contributed by atoms with Gasteiger partial charge < -0.3 is 10.6 Å². The van der Waals surface area contributed by atoms with E-state index in [1.54, 1.807) is 11.9 Å². The maximum Gasteiger partial charge on any atom is 0.253 e. The fourth-order valence-corrected chi connectivity index (χ4v) is 2.03. The van der Waals surface area contributed by atoms with Crippen molar-refractivity contribution in [2.45, 2.75) is 19.4 Å². The highest BCUT2D eigenvalue weighted by molar-refractivity contribution is 14.1. The lowest BCUT2D eigenvalue weighted by Crippen LogP contribution is -2.37. The fourth-order valence-electron chi connectivity index (χ4n) is 1.42. The highest BCUT2D eigenvalue weighted by Crippen LogP contribution is 2.11.